The molecule has 0 saturated heterocycles. The van der Waals surface area contributed by atoms with E-state index in [0.717, 1.165) is 16.6 Å². The first kappa shape index (κ1) is 20.3. The second kappa shape index (κ2) is 9.66. The molecule has 3 rings (SSSR count). The summed E-state index contributed by atoms with van der Waals surface area (Å²) in [6.45, 7) is 10.1. The fraction of sp³-hybridized carbons (Fsp3) is 0.143. The molecule has 1 aromatic heterocycles. The summed E-state index contributed by atoms with van der Waals surface area (Å²) in [6, 6.07) is 7.83. The zero-order chi connectivity index (χ0) is 20.6. The molecule has 0 spiro atoms. The van der Waals surface area contributed by atoms with Crippen molar-refractivity contribution in [3.8, 4) is 0 Å². The lowest BCUT2D eigenvalue weighted by atomic mass is 10.2. The van der Waals surface area contributed by atoms with Gasteiger partial charge in [-0.1, -0.05) is 29.8 Å². The van der Waals surface area contributed by atoms with Gasteiger partial charge >= 0.3 is 0 Å². The minimum Gasteiger partial charge on any atom is -0.372 e. The van der Waals surface area contributed by atoms with E-state index >= 15 is 0 Å². The highest BCUT2D eigenvalue weighted by Crippen LogP contribution is 2.25. The number of fused-ring (bicyclic) bond motifs is 1. The molecule has 148 valence electrons. The Kier molecular flexibility index (Phi) is 6.76. The van der Waals surface area contributed by atoms with Gasteiger partial charge < -0.3 is 15.5 Å². The predicted molar refractivity (Wildman–Crippen MR) is 121 cm³/mol. The highest BCUT2D eigenvalue weighted by atomic mass is 35.5. The molecule has 2 N–H and O–H groups in total. The fourth-order valence-corrected chi connectivity index (χ4v) is 3.01. The number of aliphatic imine (C=N–C) groups is 2. The lowest BCUT2D eigenvalue weighted by molar-refractivity contribution is 0.506. The molecule has 2 aromatic rings. The van der Waals surface area contributed by atoms with Crippen molar-refractivity contribution in [3.05, 3.63) is 77.1 Å². The van der Waals surface area contributed by atoms with E-state index in [9.17, 15) is 0 Å². The van der Waals surface area contributed by atoms with Crippen LogP contribution in [0.15, 0.2) is 87.1 Å². The molecule has 0 fully saturated rings. The number of allylic oxidation sites excluding steroid dienone is 3. The third kappa shape index (κ3) is 5.08. The number of halogens is 1. The lowest BCUT2D eigenvalue weighted by Crippen LogP contribution is -2.24. The van der Waals surface area contributed by atoms with Crippen molar-refractivity contribution >= 4 is 41.9 Å². The molecule has 0 radical (unpaired) electrons. The van der Waals surface area contributed by atoms with E-state index in [1.807, 2.05) is 54.4 Å². The molecule has 1 aromatic carbocycles. The third-order valence-corrected chi connectivity index (χ3v) is 4.47. The molecule has 0 unspecified atom stereocenters. The van der Waals surface area contributed by atoms with E-state index in [1.165, 1.54) is 0 Å². The Hall–Kier alpha value is -3.45. The Bertz CT molecular complexity index is 1040. The van der Waals surface area contributed by atoms with Gasteiger partial charge in [-0.25, -0.2) is 9.97 Å². The number of aromatic nitrogens is 2. The van der Waals surface area contributed by atoms with E-state index in [-0.39, 0.29) is 0 Å². The maximum absolute atomic E-state index is 6.18. The van der Waals surface area contributed by atoms with Crippen LogP contribution in [0, 0.1) is 0 Å². The summed E-state index contributed by atoms with van der Waals surface area (Å²) in [5.41, 5.74) is 2.99. The average molecular weight is 408 g/mol. The number of hydrogen-bond donors (Lipinski definition) is 2. The molecule has 2 heterocycles. The molecular weight excluding hydrogens is 386 g/mol. The minimum absolute atomic E-state index is 0.404. The molecule has 1 aliphatic rings. The minimum atomic E-state index is 0.404. The van der Waals surface area contributed by atoms with Gasteiger partial charge in [-0.3, -0.25) is 9.98 Å². The number of hydrogen-bond acceptors (Lipinski definition) is 7. The molecule has 0 saturated carbocycles. The fourth-order valence-electron chi connectivity index (χ4n) is 2.81. The van der Waals surface area contributed by atoms with E-state index in [2.05, 4.69) is 44.0 Å². The summed E-state index contributed by atoms with van der Waals surface area (Å²) in [5, 5.41) is 8.01. The third-order valence-electron chi connectivity index (χ3n) is 4.22. The Morgan fingerprint density at radius 2 is 2.14 bits per heavy atom. The Morgan fingerprint density at radius 3 is 2.90 bits per heavy atom. The van der Waals surface area contributed by atoms with Gasteiger partial charge in [0.05, 0.1) is 30.1 Å². The number of nitrogens with zero attached hydrogens (tertiary/aromatic N) is 5. The Balaban J connectivity index is 1.70. The van der Waals surface area contributed by atoms with E-state index in [4.69, 9.17) is 11.6 Å². The summed E-state index contributed by atoms with van der Waals surface area (Å²) in [5.74, 6) is 0.535. The number of nitrogens with one attached hydrogen (secondary N) is 2. The Morgan fingerprint density at radius 1 is 1.31 bits per heavy atom. The topological polar surface area (TPSA) is 77.8 Å². The van der Waals surface area contributed by atoms with Crippen LogP contribution in [0.1, 0.15) is 6.92 Å². The monoisotopic (exact) mass is 407 g/mol. The normalized spacial score (nSPS) is 14.9. The highest BCUT2D eigenvalue weighted by molar-refractivity contribution is 6.30. The molecule has 1 aliphatic heterocycles. The van der Waals surface area contributed by atoms with Crippen LogP contribution in [0.5, 0.6) is 0 Å². The number of benzene rings is 1. The molecule has 0 bridgehead atoms. The zero-order valence-electron chi connectivity index (χ0n) is 16.1. The van der Waals surface area contributed by atoms with Crippen LogP contribution < -0.4 is 10.6 Å². The van der Waals surface area contributed by atoms with Gasteiger partial charge in [-0.2, -0.15) is 0 Å². The van der Waals surface area contributed by atoms with Crippen molar-refractivity contribution in [2.45, 2.75) is 6.92 Å². The zero-order valence-corrected chi connectivity index (χ0v) is 16.9. The second-order valence-corrected chi connectivity index (χ2v) is 6.66. The van der Waals surface area contributed by atoms with Crippen molar-refractivity contribution in [2.24, 2.45) is 9.98 Å². The first-order valence-electron chi connectivity index (χ1n) is 8.96. The first-order chi connectivity index (χ1) is 14.1. The van der Waals surface area contributed by atoms with Crippen molar-refractivity contribution in [1.82, 2.24) is 20.2 Å². The number of para-hydroxylation sites is 1. The summed E-state index contributed by atoms with van der Waals surface area (Å²) < 4.78 is 0. The maximum atomic E-state index is 6.18. The smallest absolute Gasteiger partial charge is 0.224 e. The Labute approximate surface area is 174 Å². The van der Waals surface area contributed by atoms with Crippen LogP contribution in [0.25, 0.3) is 10.9 Å². The van der Waals surface area contributed by atoms with Gasteiger partial charge in [-0.05, 0) is 38.6 Å². The van der Waals surface area contributed by atoms with Crippen LogP contribution in [-0.4, -0.2) is 41.5 Å². The van der Waals surface area contributed by atoms with Gasteiger partial charge in [0.1, 0.15) is 5.70 Å². The molecule has 0 amide bonds. The SMILES string of the molecule is C=NC(=C\NCNc1ncc2ccccc2n1)/C(=C(\C)N=C)N1C=CC=C(Cl)C1. The second-order valence-electron chi connectivity index (χ2n) is 6.17. The van der Waals surface area contributed by atoms with Crippen molar-refractivity contribution in [2.75, 3.05) is 18.5 Å². The van der Waals surface area contributed by atoms with E-state index in [1.54, 1.807) is 12.4 Å². The largest absolute Gasteiger partial charge is 0.372 e. The summed E-state index contributed by atoms with van der Waals surface area (Å²) in [7, 11) is 0. The molecule has 8 heteroatoms. The highest BCUT2D eigenvalue weighted by Gasteiger charge is 2.17. The lowest BCUT2D eigenvalue weighted by Gasteiger charge is -2.26. The van der Waals surface area contributed by atoms with Crippen molar-refractivity contribution < 1.29 is 0 Å². The van der Waals surface area contributed by atoms with Gasteiger partial charge in [0, 0.05) is 29.0 Å². The number of rotatable bonds is 8. The quantitative estimate of drug-likeness (QED) is 0.299. The van der Waals surface area contributed by atoms with Crippen molar-refractivity contribution in [1.29, 1.82) is 0 Å². The summed E-state index contributed by atoms with van der Waals surface area (Å²) >= 11 is 6.18. The summed E-state index contributed by atoms with van der Waals surface area (Å²) in [4.78, 5) is 19.0. The van der Waals surface area contributed by atoms with Crippen LogP contribution in [0.3, 0.4) is 0 Å². The van der Waals surface area contributed by atoms with Gasteiger partial charge in [0.2, 0.25) is 5.95 Å². The average Bonchev–Trinajstić information content (AvgIpc) is 2.75. The molecule has 0 atom stereocenters. The number of anilines is 1. The van der Waals surface area contributed by atoms with E-state index < -0.39 is 0 Å². The van der Waals surface area contributed by atoms with Gasteiger partial charge in [0.15, 0.2) is 0 Å². The predicted octanol–water partition coefficient (Wildman–Crippen LogP) is 4.01. The van der Waals surface area contributed by atoms with E-state index in [0.29, 0.717) is 35.6 Å². The molecule has 7 nitrogen and oxygen atoms in total. The van der Waals surface area contributed by atoms with Crippen LogP contribution in [-0.2, 0) is 0 Å². The summed E-state index contributed by atoms with van der Waals surface area (Å²) in [6.07, 6.45) is 9.18. The molecule has 0 aliphatic carbocycles. The first-order valence-corrected chi connectivity index (χ1v) is 9.33. The van der Waals surface area contributed by atoms with Gasteiger partial charge in [0.25, 0.3) is 0 Å². The van der Waals surface area contributed by atoms with Gasteiger partial charge in [-0.15, -0.1) is 0 Å². The maximum Gasteiger partial charge on any atom is 0.224 e. The van der Waals surface area contributed by atoms with Crippen LogP contribution in [0.2, 0.25) is 0 Å². The van der Waals surface area contributed by atoms with Crippen molar-refractivity contribution in [3.63, 3.8) is 0 Å². The molecular formula is C21H22ClN7. The standard InChI is InChI=1S/C21H22ClN7/c1-15(23-2)20(29-10-6-8-17(22)13-29)19(24-3)12-25-14-27-21-26-11-16-7-4-5-9-18(16)28-21/h4-12,25H,2-3,13-14H2,1H3,(H,26,27,28)/b19-12-,20-15-. The molecule has 29 heavy (non-hydrogen) atoms. The van der Waals surface area contributed by atoms with Crippen LogP contribution in [0.4, 0.5) is 5.95 Å². The van der Waals surface area contributed by atoms with Crippen LogP contribution >= 0.6 is 11.6 Å².